The second kappa shape index (κ2) is 9.55. The van der Waals surface area contributed by atoms with E-state index in [4.69, 9.17) is 0 Å². The van der Waals surface area contributed by atoms with Crippen molar-refractivity contribution in [3.8, 4) is 0 Å². The number of alkyl halides is 2. The summed E-state index contributed by atoms with van der Waals surface area (Å²) >= 11 is 0. The summed E-state index contributed by atoms with van der Waals surface area (Å²) in [5, 5.41) is 4.75. The van der Waals surface area contributed by atoms with Gasteiger partial charge in [0.1, 0.15) is 5.82 Å². The highest BCUT2D eigenvalue weighted by Crippen LogP contribution is 2.28. The van der Waals surface area contributed by atoms with E-state index in [1.54, 1.807) is 13.8 Å². The Hall–Kier alpha value is -3.63. The van der Waals surface area contributed by atoms with Crippen LogP contribution >= 0.6 is 0 Å². The maximum absolute atomic E-state index is 14.5. The van der Waals surface area contributed by atoms with Gasteiger partial charge in [0.15, 0.2) is 0 Å². The molecule has 2 heterocycles. The van der Waals surface area contributed by atoms with E-state index in [1.807, 2.05) is 0 Å². The molecule has 1 aromatic carbocycles. The number of nitrogens with zero attached hydrogens (tertiary/aromatic N) is 2. The molecule has 1 saturated heterocycles. The molecule has 35 heavy (non-hydrogen) atoms. The molecule has 1 unspecified atom stereocenters. The zero-order chi connectivity index (χ0) is 26.2. The third-order valence-electron chi connectivity index (χ3n) is 6.34. The summed E-state index contributed by atoms with van der Waals surface area (Å²) < 4.78 is 43.9. The maximum Gasteiger partial charge on any atom is 0.294 e. The average Bonchev–Trinajstić information content (AvgIpc) is 2.99. The maximum atomic E-state index is 14.5. The SMILES string of the molecule is CC(=O)N1CCC(NC(=O)C(=O)c2c(C)c(C(=O)Nc3ccc(F)c(C)c3)c(C)n2C)C(F)(F)C1. The summed E-state index contributed by atoms with van der Waals surface area (Å²) in [7, 11) is 1.49. The van der Waals surface area contributed by atoms with Crippen molar-refractivity contribution < 1.29 is 32.3 Å². The molecular weight excluding hydrogens is 465 g/mol. The number of aryl methyl sites for hydroxylation is 1. The van der Waals surface area contributed by atoms with Gasteiger partial charge in [-0.2, -0.15) is 0 Å². The Morgan fingerprint density at radius 1 is 1.11 bits per heavy atom. The van der Waals surface area contributed by atoms with E-state index in [0.717, 1.165) is 4.90 Å². The summed E-state index contributed by atoms with van der Waals surface area (Å²) in [6, 6.07) is 2.45. The molecule has 1 aliphatic heterocycles. The van der Waals surface area contributed by atoms with Crippen LogP contribution in [0.3, 0.4) is 0 Å². The predicted octanol–water partition coefficient (Wildman–Crippen LogP) is 2.90. The largest absolute Gasteiger partial charge is 0.344 e. The molecule has 0 spiro atoms. The fraction of sp³-hybridized carbons (Fsp3) is 0.417. The van der Waals surface area contributed by atoms with Crippen LogP contribution in [0.4, 0.5) is 18.9 Å². The minimum Gasteiger partial charge on any atom is -0.344 e. The number of amides is 3. The van der Waals surface area contributed by atoms with E-state index in [9.17, 15) is 32.3 Å². The number of benzene rings is 1. The van der Waals surface area contributed by atoms with Crippen molar-refractivity contribution in [2.45, 2.75) is 46.1 Å². The van der Waals surface area contributed by atoms with E-state index in [1.165, 1.54) is 43.7 Å². The number of halogens is 3. The van der Waals surface area contributed by atoms with E-state index in [-0.39, 0.29) is 29.8 Å². The fourth-order valence-electron chi connectivity index (χ4n) is 4.27. The highest BCUT2D eigenvalue weighted by atomic mass is 19.3. The number of carbonyl (C=O) groups is 4. The van der Waals surface area contributed by atoms with Gasteiger partial charge in [-0.1, -0.05) is 0 Å². The highest BCUT2D eigenvalue weighted by molar-refractivity contribution is 6.43. The minimum absolute atomic E-state index is 0.0273. The van der Waals surface area contributed by atoms with E-state index in [0.29, 0.717) is 16.9 Å². The Morgan fingerprint density at radius 2 is 1.77 bits per heavy atom. The average molecular weight is 492 g/mol. The van der Waals surface area contributed by atoms with Gasteiger partial charge in [-0.25, -0.2) is 13.2 Å². The van der Waals surface area contributed by atoms with Gasteiger partial charge in [0, 0.05) is 31.9 Å². The van der Waals surface area contributed by atoms with Crippen LogP contribution in [-0.4, -0.2) is 58.0 Å². The lowest BCUT2D eigenvalue weighted by Gasteiger charge is -2.38. The van der Waals surface area contributed by atoms with Crippen LogP contribution in [0.5, 0.6) is 0 Å². The molecule has 188 valence electrons. The number of hydrogen-bond acceptors (Lipinski definition) is 4. The summed E-state index contributed by atoms with van der Waals surface area (Å²) in [4.78, 5) is 50.9. The number of Topliss-reactive ketones (excluding diaryl/α,β-unsaturated/α-hetero) is 1. The molecule has 1 aromatic heterocycles. The standard InChI is InChI=1S/C24H27F3N4O4/c1-12-10-16(6-7-17(12)25)28-22(34)19-13(2)20(30(5)14(19)3)21(33)23(35)29-18-8-9-31(15(4)32)11-24(18,26)27/h6-7,10,18H,8-9,11H2,1-5H3,(H,28,34)(H,29,35). The van der Waals surface area contributed by atoms with Crippen LogP contribution in [0.15, 0.2) is 18.2 Å². The number of rotatable bonds is 5. The monoisotopic (exact) mass is 492 g/mol. The van der Waals surface area contributed by atoms with Gasteiger partial charge in [0.2, 0.25) is 5.91 Å². The number of nitrogens with one attached hydrogen (secondary N) is 2. The van der Waals surface area contributed by atoms with Gasteiger partial charge in [-0.15, -0.1) is 0 Å². The Bertz CT molecular complexity index is 1220. The molecule has 11 heteroatoms. The Balaban J connectivity index is 1.81. The number of carbonyl (C=O) groups excluding carboxylic acids is 4. The first-order valence-electron chi connectivity index (χ1n) is 11.0. The first-order chi connectivity index (χ1) is 16.2. The van der Waals surface area contributed by atoms with Gasteiger partial charge >= 0.3 is 0 Å². The van der Waals surface area contributed by atoms with Gasteiger partial charge in [-0.05, 0) is 56.5 Å². The summed E-state index contributed by atoms with van der Waals surface area (Å²) in [6.45, 7) is 4.98. The smallest absolute Gasteiger partial charge is 0.294 e. The Labute approximate surface area is 200 Å². The molecule has 1 atom stereocenters. The fourth-order valence-corrected chi connectivity index (χ4v) is 4.27. The third kappa shape index (κ3) is 5.08. The lowest BCUT2D eigenvalue weighted by Crippen LogP contribution is -2.59. The Kier molecular flexibility index (Phi) is 7.09. The topological polar surface area (TPSA) is 101 Å². The lowest BCUT2D eigenvalue weighted by molar-refractivity contribution is -0.144. The minimum atomic E-state index is -3.41. The van der Waals surface area contributed by atoms with Crippen LogP contribution in [0.1, 0.15) is 51.0 Å². The molecule has 0 radical (unpaired) electrons. The zero-order valence-corrected chi connectivity index (χ0v) is 20.1. The van der Waals surface area contributed by atoms with Crippen molar-refractivity contribution >= 4 is 29.2 Å². The number of anilines is 1. The van der Waals surface area contributed by atoms with Crippen molar-refractivity contribution in [3.05, 3.63) is 52.1 Å². The van der Waals surface area contributed by atoms with E-state index < -0.39 is 47.8 Å². The molecule has 0 aliphatic carbocycles. The molecule has 8 nitrogen and oxygen atoms in total. The highest BCUT2D eigenvalue weighted by Gasteiger charge is 2.46. The molecule has 1 fully saturated rings. The second-order valence-corrected chi connectivity index (χ2v) is 8.76. The second-order valence-electron chi connectivity index (χ2n) is 8.76. The van der Waals surface area contributed by atoms with Gasteiger partial charge in [-0.3, -0.25) is 19.2 Å². The quantitative estimate of drug-likeness (QED) is 0.495. The number of likely N-dealkylation sites (tertiary alicyclic amines) is 1. The molecule has 3 rings (SSSR count). The van der Waals surface area contributed by atoms with Crippen LogP contribution in [-0.2, 0) is 16.6 Å². The normalized spacial score (nSPS) is 17.1. The Morgan fingerprint density at radius 3 is 2.34 bits per heavy atom. The molecular formula is C24H27F3N4O4. The van der Waals surface area contributed by atoms with Crippen LogP contribution in [0.2, 0.25) is 0 Å². The van der Waals surface area contributed by atoms with Crippen LogP contribution in [0.25, 0.3) is 0 Å². The number of aromatic nitrogens is 1. The van der Waals surface area contributed by atoms with Crippen LogP contribution < -0.4 is 10.6 Å². The number of piperidine rings is 1. The van der Waals surface area contributed by atoms with Crippen LogP contribution in [0, 0.1) is 26.6 Å². The molecule has 2 N–H and O–H groups in total. The number of ketones is 1. The van der Waals surface area contributed by atoms with Crippen molar-refractivity contribution in [2.75, 3.05) is 18.4 Å². The predicted molar refractivity (Wildman–Crippen MR) is 122 cm³/mol. The van der Waals surface area contributed by atoms with Crippen molar-refractivity contribution in [1.29, 1.82) is 0 Å². The third-order valence-corrected chi connectivity index (χ3v) is 6.34. The molecule has 2 aromatic rings. The molecule has 1 aliphatic rings. The van der Waals surface area contributed by atoms with Gasteiger partial charge in [0.05, 0.1) is 23.8 Å². The van der Waals surface area contributed by atoms with Crippen molar-refractivity contribution in [2.24, 2.45) is 7.05 Å². The van der Waals surface area contributed by atoms with E-state index in [2.05, 4.69) is 10.6 Å². The zero-order valence-electron chi connectivity index (χ0n) is 20.1. The van der Waals surface area contributed by atoms with Crippen molar-refractivity contribution in [1.82, 2.24) is 14.8 Å². The first kappa shape index (κ1) is 26.0. The lowest BCUT2D eigenvalue weighted by atomic mass is 10.00. The van der Waals surface area contributed by atoms with E-state index >= 15 is 0 Å². The van der Waals surface area contributed by atoms with Gasteiger partial charge < -0.3 is 20.1 Å². The van der Waals surface area contributed by atoms with Crippen molar-refractivity contribution in [3.63, 3.8) is 0 Å². The summed E-state index contributed by atoms with van der Waals surface area (Å²) in [5.74, 6) is -7.18. The summed E-state index contributed by atoms with van der Waals surface area (Å²) in [6.07, 6.45) is -0.207. The molecule has 3 amide bonds. The summed E-state index contributed by atoms with van der Waals surface area (Å²) in [5.41, 5.74) is 1.31. The number of hydrogen-bond donors (Lipinski definition) is 2. The first-order valence-corrected chi connectivity index (χ1v) is 11.0. The molecule has 0 bridgehead atoms. The molecule has 0 saturated carbocycles. The van der Waals surface area contributed by atoms with Gasteiger partial charge in [0.25, 0.3) is 23.5 Å².